The van der Waals surface area contributed by atoms with Crippen molar-refractivity contribution in [1.82, 2.24) is 20.0 Å². The molecule has 3 aromatic rings. The molecule has 4 rings (SSSR count). The zero-order valence-electron chi connectivity index (χ0n) is 17.2. The Bertz CT molecular complexity index is 960. The lowest BCUT2D eigenvalue weighted by Crippen LogP contribution is -2.49. The molecule has 2 N–H and O–H groups in total. The third-order valence-electron chi connectivity index (χ3n) is 5.92. The quantitative estimate of drug-likeness (QED) is 0.303. The van der Waals surface area contributed by atoms with Crippen molar-refractivity contribution in [3.63, 3.8) is 0 Å². The minimum atomic E-state index is 0. The van der Waals surface area contributed by atoms with Gasteiger partial charge in [-0.15, -0.1) is 24.0 Å². The average Bonchev–Trinajstić information content (AvgIpc) is 3.11. The third-order valence-corrected chi connectivity index (χ3v) is 5.92. The zero-order valence-corrected chi connectivity index (χ0v) is 19.5. The van der Waals surface area contributed by atoms with Crippen LogP contribution in [0.25, 0.3) is 5.65 Å². The number of benzene rings is 1. The Morgan fingerprint density at radius 1 is 1.14 bits per heavy atom. The monoisotopic (exact) mass is 503 g/mol. The van der Waals surface area contributed by atoms with Crippen LogP contribution in [0, 0.1) is 6.92 Å². The average molecular weight is 503 g/mol. The van der Waals surface area contributed by atoms with Crippen molar-refractivity contribution in [2.75, 3.05) is 20.1 Å². The molecule has 1 aromatic carbocycles. The van der Waals surface area contributed by atoms with Gasteiger partial charge in [0, 0.05) is 44.4 Å². The Morgan fingerprint density at radius 2 is 1.93 bits per heavy atom. The van der Waals surface area contributed by atoms with Crippen molar-refractivity contribution < 1.29 is 0 Å². The summed E-state index contributed by atoms with van der Waals surface area (Å²) in [7, 11) is 1.83. The second-order valence-electron chi connectivity index (χ2n) is 7.76. The summed E-state index contributed by atoms with van der Waals surface area (Å²) < 4.78 is 2.10. The van der Waals surface area contributed by atoms with Gasteiger partial charge in [-0.2, -0.15) is 0 Å². The number of fused-ring (bicyclic) bond motifs is 1. The molecule has 0 unspecified atom stereocenters. The number of aromatic nitrogens is 2. The molecule has 0 atom stereocenters. The van der Waals surface area contributed by atoms with E-state index in [2.05, 4.69) is 75.6 Å². The molecule has 0 radical (unpaired) electrons. The molecule has 0 amide bonds. The maximum Gasteiger partial charge on any atom is 0.191 e. The van der Waals surface area contributed by atoms with E-state index in [4.69, 9.17) is 4.98 Å². The lowest BCUT2D eigenvalue weighted by atomic mass is 9.64. The highest BCUT2D eigenvalue weighted by Gasteiger charge is 2.38. The van der Waals surface area contributed by atoms with Crippen LogP contribution in [-0.4, -0.2) is 35.5 Å². The van der Waals surface area contributed by atoms with Crippen molar-refractivity contribution in [1.29, 1.82) is 0 Å². The predicted molar refractivity (Wildman–Crippen MR) is 130 cm³/mol. The normalized spacial score (nSPS) is 15.4. The molecule has 1 aliphatic rings. The first-order chi connectivity index (χ1) is 13.7. The molecule has 6 heteroatoms. The van der Waals surface area contributed by atoms with Gasteiger partial charge in [0.15, 0.2) is 5.96 Å². The molecule has 154 valence electrons. The van der Waals surface area contributed by atoms with E-state index in [1.54, 1.807) is 0 Å². The summed E-state index contributed by atoms with van der Waals surface area (Å²) in [4.78, 5) is 9.14. The number of hydrogen-bond donors (Lipinski definition) is 2. The Kier molecular flexibility index (Phi) is 7.16. The first-order valence-corrected chi connectivity index (χ1v) is 10.1. The highest BCUT2D eigenvalue weighted by Crippen LogP contribution is 2.43. The van der Waals surface area contributed by atoms with E-state index in [1.165, 1.54) is 30.4 Å². The van der Waals surface area contributed by atoms with Crippen LogP contribution in [0.2, 0.25) is 0 Å². The SMILES string of the molecule is CN=C(NCCc1cn2cccc(C)c2n1)NCC1(c2ccccc2)CCC1.I. The Balaban J connectivity index is 0.00000240. The summed E-state index contributed by atoms with van der Waals surface area (Å²) >= 11 is 0. The van der Waals surface area contributed by atoms with Crippen LogP contribution in [-0.2, 0) is 11.8 Å². The number of aliphatic imine (C=N–C) groups is 1. The Labute approximate surface area is 190 Å². The van der Waals surface area contributed by atoms with Crippen LogP contribution < -0.4 is 10.6 Å². The standard InChI is InChI=1S/C23H29N5.HI/c1-18-8-6-15-28-16-20(27-21(18)28)11-14-25-22(24-2)26-17-23(12-7-13-23)19-9-4-3-5-10-19;/h3-6,8-10,15-16H,7,11-14,17H2,1-2H3,(H2,24,25,26);1H. The van der Waals surface area contributed by atoms with Gasteiger partial charge in [-0.05, 0) is 37.0 Å². The maximum atomic E-state index is 4.74. The van der Waals surface area contributed by atoms with Gasteiger partial charge in [0.1, 0.15) is 5.65 Å². The molecule has 2 aromatic heterocycles. The summed E-state index contributed by atoms with van der Waals surface area (Å²) in [6.07, 6.45) is 8.80. The van der Waals surface area contributed by atoms with Gasteiger partial charge < -0.3 is 15.0 Å². The molecule has 2 heterocycles. The van der Waals surface area contributed by atoms with Crippen LogP contribution >= 0.6 is 24.0 Å². The molecule has 1 aliphatic carbocycles. The van der Waals surface area contributed by atoms with Gasteiger partial charge in [0.25, 0.3) is 0 Å². The molecule has 5 nitrogen and oxygen atoms in total. The van der Waals surface area contributed by atoms with Crippen LogP contribution in [0.1, 0.15) is 36.1 Å². The lowest BCUT2D eigenvalue weighted by molar-refractivity contribution is 0.244. The summed E-state index contributed by atoms with van der Waals surface area (Å²) in [5, 5.41) is 6.98. The first-order valence-electron chi connectivity index (χ1n) is 10.1. The number of nitrogens with one attached hydrogen (secondary N) is 2. The molecule has 1 fully saturated rings. The lowest BCUT2D eigenvalue weighted by Gasteiger charge is -2.43. The molecule has 0 bridgehead atoms. The summed E-state index contributed by atoms with van der Waals surface area (Å²) in [5.74, 6) is 0.863. The van der Waals surface area contributed by atoms with Gasteiger partial charge in [-0.25, -0.2) is 4.98 Å². The number of pyridine rings is 1. The highest BCUT2D eigenvalue weighted by molar-refractivity contribution is 14.0. The predicted octanol–water partition coefficient (Wildman–Crippen LogP) is 4.09. The number of imidazole rings is 1. The second-order valence-corrected chi connectivity index (χ2v) is 7.76. The molecule has 0 saturated heterocycles. The number of rotatable bonds is 6. The molecule has 0 spiro atoms. The largest absolute Gasteiger partial charge is 0.356 e. The van der Waals surface area contributed by atoms with Crippen molar-refractivity contribution in [2.24, 2.45) is 4.99 Å². The fourth-order valence-electron chi connectivity index (χ4n) is 4.07. The van der Waals surface area contributed by atoms with E-state index in [0.717, 1.165) is 36.8 Å². The maximum absolute atomic E-state index is 4.74. The van der Waals surface area contributed by atoms with Crippen molar-refractivity contribution >= 4 is 35.6 Å². The fourth-order valence-corrected chi connectivity index (χ4v) is 4.07. The van der Waals surface area contributed by atoms with Crippen LogP contribution in [0.15, 0.2) is 59.9 Å². The van der Waals surface area contributed by atoms with Gasteiger partial charge >= 0.3 is 0 Å². The van der Waals surface area contributed by atoms with Crippen molar-refractivity contribution in [3.8, 4) is 0 Å². The summed E-state index contributed by atoms with van der Waals surface area (Å²) in [6, 6.07) is 15.0. The summed E-state index contributed by atoms with van der Waals surface area (Å²) in [6.45, 7) is 3.82. The Morgan fingerprint density at radius 3 is 2.59 bits per heavy atom. The van der Waals surface area contributed by atoms with Crippen molar-refractivity contribution in [3.05, 3.63) is 71.7 Å². The number of guanidine groups is 1. The summed E-state index contributed by atoms with van der Waals surface area (Å²) in [5.41, 5.74) is 5.01. The zero-order chi connectivity index (χ0) is 19.4. The fraction of sp³-hybridized carbons (Fsp3) is 0.391. The minimum Gasteiger partial charge on any atom is -0.356 e. The van der Waals surface area contributed by atoms with Crippen LogP contribution in [0.3, 0.4) is 0 Å². The number of nitrogens with zero attached hydrogens (tertiary/aromatic N) is 3. The van der Waals surface area contributed by atoms with E-state index in [9.17, 15) is 0 Å². The number of halogens is 1. The van der Waals surface area contributed by atoms with Gasteiger partial charge in [0.2, 0.25) is 0 Å². The number of hydrogen-bond acceptors (Lipinski definition) is 2. The molecule has 1 saturated carbocycles. The number of aryl methyl sites for hydroxylation is 1. The molecule has 0 aliphatic heterocycles. The second kappa shape index (κ2) is 9.61. The first kappa shape index (κ1) is 21.6. The smallest absolute Gasteiger partial charge is 0.191 e. The molecule has 29 heavy (non-hydrogen) atoms. The topological polar surface area (TPSA) is 53.7 Å². The van der Waals surface area contributed by atoms with E-state index in [-0.39, 0.29) is 29.4 Å². The Hall–Kier alpha value is -2.09. The molecular weight excluding hydrogens is 473 g/mol. The van der Waals surface area contributed by atoms with E-state index < -0.39 is 0 Å². The highest BCUT2D eigenvalue weighted by atomic mass is 127. The van der Waals surface area contributed by atoms with E-state index in [1.807, 2.05) is 13.2 Å². The van der Waals surface area contributed by atoms with Gasteiger partial charge in [0.05, 0.1) is 5.69 Å². The van der Waals surface area contributed by atoms with E-state index >= 15 is 0 Å². The third kappa shape index (κ3) is 4.74. The van der Waals surface area contributed by atoms with Crippen molar-refractivity contribution in [2.45, 2.75) is 38.0 Å². The molecular formula is C23H30IN5. The van der Waals surface area contributed by atoms with Crippen LogP contribution in [0.5, 0.6) is 0 Å². The van der Waals surface area contributed by atoms with E-state index in [0.29, 0.717) is 0 Å². The van der Waals surface area contributed by atoms with Crippen LogP contribution in [0.4, 0.5) is 0 Å². The van der Waals surface area contributed by atoms with Gasteiger partial charge in [-0.1, -0.05) is 42.8 Å². The minimum absolute atomic E-state index is 0. The van der Waals surface area contributed by atoms with Gasteiger partial charge in [-0.3, -0.25) is 4.99 Å².